The summed E-state index contributed by atoms with van der Waals surface area (Å²) in [6, 6.07) is 9.30. The second kappa shape index (κ2) is 7.01. The summed E-state index contributed by atoms with van der Waals surface area (Å²) in [5.41, 5.74) is 3.32. The molecule has 4 aromatic rings. The van der Waals surface area contributed by atoms with Crippen LogP contribution in [0.15, 0.2) is 49.1 Å². The molecule has 1 aliphatic heterocycles. The zero-order chi connectivity index (χ0) is 18.9. The molecule has 1 aliphatic rings. The number of rotatable bonds is 4. The van der Waals surface area contributed by atoms with E-state index in [9.17, 15) is 4.39 Å². The first-order valence-corrected chi connectivity index (χ1v) is 9.20. The fourth-order valence-electron chi connectivity index (χ4n) is 3.48. The number of anilines is 1. The normalized spacial score (nSPS) is 19.8. The lowest BCUT2D eigenvalue weighted by Gasteiger charge is -2.28. The van der Waals surface area contributed by atoms with Crippen LogP contribution in [0.5, 0.6) is 0 Å². The van der Waals surface area contributed by atoms with Gasteiger partial charge in [0.2, 0.25) is 0 Å². The highest BCUT2D eigenvalue weighted by atomic mass is 19.1. The Balaban J connectivity index is 1.45. The van der Waals surface area contributed by atoms with Crippen molar-refractivity contribution in [1.29, 1.82) is 0 Å². The van der Waals surface area contributed by atoms with Crippen molar-refractivity contribution in [3.63, 3.8) is 0 Å². The number of nitrogens with zero attached hydrogens (tertiary/aromatic N) is 5. The Morgan fingerprint density at radius 3 is 3.07 bits per heavy atom. The number of halogens is 1. The Morgan fingerprint density at radius 1 is 1.25 bits per heavy atom. The van der Waals surface area contributed by atoms with Gasteiger partial charge >= 0.3 is 0 Å². The highest BCUT2D eigenvalue weighted by molar-refractivity contribution is 5.66. The van der Waals surface area contributed by atoms with Crippen LogP contribution in [-0.2, 0) is 0 Å². The second-order valence-electron chi connectivity index (χ2n) is 6.79. The highest BCUT2D eigenvalue weighted by Crippen LogP contribution is 2.24. The molecule has 5 rings (SSSR count). The van der Waals surface area contributed by atoms with Crippen molar-refractivity contribution in [2.45, 2.75) is 18.6 Å². The molecule has 0 aromatic carbocycles. The number of imidazole rings is 1. The maximum Gasteiger partial charge on any atom is 0.161 e. The lowest BCUT2D eigenvalue weighted by Crippen LogP contribution is -2.46. The van der Waals surface area contributed by atoms with Crippen LogP contribution in [0.4, 0.5) is 10.2 Å². The molecule has 4 aromatic heterocycles. The van der Waals surface area contributed by atoms with Crippen molar-refractivity contribution in [3.8, 4) is 22.8 Å². The Kier molecular flexibility index (Phi) is 4.21. The van der Waals surface area contributed by atoms with Crippen LogP contribution in [0.2, 0.25) is 0 Å². The van der Waals surface area contributed by atoms with Crippen molar-refractivity contribution < 1.29 is 4.39 Å². The van der Waals surface area contributed by atoms with Crippen LogP contribution in [0.3, 0.4) is 0 Å². The van der Waals surface area contributed by atoms with Crippen LogP contribution < -0.4 is 10.6 Å². The average Bonchev–Trinajstić information content (AvgIpc) is 3.39. The summed E-state index contributed by atoms with van der Waals surface area (Å²) >= 11 is 0. The molecule has 0 amide bonds. The SMILES string of the molecule is FC1CCNCC1Nc1cccc(-c2cnc3cc(-c4nnc[nH]4)ccn23)n1. The predicted octanol–water partition coefficient (Wildman–Crippen LogP) is 2.29. The molecule has 0 bridgehead atoms. The van der Waals surface area contributed by atoms with Gasteiger partial charge in [-0.05, 0) is 37.2 Å². The third kappa shape index (κ3) is 3.09. The molecule has 0 aliphatic carbocycles. The molecular formula is C19H19FN8. The van der Waals surface area contributed by atoms with Crippen molar-refractivity contribution in [2.75, 3.05) is 18.4 Å². The van der Waals surface area contributed by atoms with Gasteiger partial charge in [0.1, 0.15) is 24.0 Å². The summed E-state index contributed by atoms with van der Waals surface area (Å²) < 4.78 is 16.1. The number of piperidine rings is 1. The Morgan fingerprint density at radius 2 is 2.21 bits per heavy atom. The quantitative estimate of drug-likeness (QED) is 0.504. The smallest absolute Gasteiger partial charge is 0.161 e. The lowest BCUT2D eigenvalue weighted by atomic mass is 10.1. The standard InChI is InChI=1S/C19H19FN8/c20-13-4-6-21-9-15(13)26-17-3-1-2-14(25-17)16-10-22-18-8-12(5-7-28(16)18)19-23-11-24-27-19/h1-3,5,7-8,10-11,13,15,21H,4,6,9H2,(H,25,26)(H,23,24,27). The van der Waals surface area contributed by atoms with Crippen LogP contribution in [-0.4, -0.2) is 54.9 Å². The molecule has 28 heavy (non-hydrogen) atoms. The zero-order valence-corrected chi connectivity index (χ0v) is 15.0. The fraction of sp³-hybridized carbons (Fsp3) is 0.263. The minimum absolute atomic E-state index is 0.275. The molecule has 0 radical (unpaired) electrons. The van der Waals surface area contributed by atoms with Gasteiger partial charge in [0.25, 0.3) is 0 Å². The summed E-state index contributed by atoms with van der Waals surface area (Å²) in [5, 5.41) is 14.3. The van der Waals surface area contributed by atoms with Gasteiger partial charge in [-0.2, -0.15) is 0 Å². The summed E-state index contributed by atoms with van der Waals surface area (Å²) in [6.45, 7) is 1.30. The van der Waals surface area contributed by atoms with Gasteiger partial charge in [0.15, 0.2) is 5.82 Å². The lowest BCUT2D eigenvalue weighted by molar-refractivity contribution is 0.241. The van der Waals surface area contributed by atoms with Crippen LogP contribution in [0.1, 0.15) is 6.42 Å². The molecule has 9 heteroatoms. The van der Waals surface area contributed by atoms with Gasteiger partial charge in [0, 0.05) is 18.3 Å². The Hall–Kier alpha value is -3.33. The molecule has 1 fully saturated rings. The third-order valence-electron chi connectivity index (χ3n) is 4.95. The van der Waals surface area contributed by atoms with E-state index in [1.54, 1.807) is 12.5 Å². The van der Waals surface area contributed by atoms with Crippen LogP contribution in [0.25, 0.3) is 28.4 Å². The molecular weight excluding hydrogens is 359 g/mol. The van der Waals surface area contributed by atoms with E-state index in [1.807, 2.05) is 40.9 Å². The molecule has 1 saturated heterocycles. The molecule has 2 atom stereocenters. The van der Waals surface area contributed by atoms with E-state index >= 15 is 0 Å². The average molecular weight is 378 g/mol. The van der Waals surface area contributed by atoms with E-state index in [0.29, 0.717) is 31.2 Å². The first-order valence-electron chi connectivity index (χ1n) is 9.20. The number of nitrogens with one attached hydrogen (secondary N) is 3. The second-order valence-corrected chi connectivity index (χ2v) is 6.79. The molecule has 5 heterocycles. The van der Waals surface area contributed by atoms with Crippen molar-refractivity contribution in [3.05, 3.63) is 49.1 Å². The Labute approximate surface area is 160 Å². The van der Waals surface area contributed by atoms with E-state index < -0.39 is 6.17 Å². The summed E-state index contributed by atoms with van der Waals surface area (Å²) in [5.74, 6) is 1.35. The van der Waals surface area contributed by atoms with E-state index in [0.717, 1.165) is 22.6 Å². The molecule has 0 saturated carbocycles. The van der Waals surface area contributed by atoms with E-state index in [4.69, 9.17) is 0 Å². The minimum Gasteiger partial charge on any atom is -0.363 e. The van der Waals surface area contributed by atoms with Gasteiger partial charge in [-0.15, -0.1) is 10.2 Å². The minimum atomic E-state index is -0.878. The maximum absolute atomic E-state index is 14.1. The number of aromatic nitrogens is 6. The van der Waals surface area contributed by atoms with E-state index in [-0.39, 0.29) is 6.04 Å². The van der Waals surface area contributed by atoms with Gasteiger partial charge in [-0.25, -0.2) is 14.4 Å². The number of hydrogen-bond donors (Lipinski definition) is 3. The predicted molar refractivity (Wildman–Crippen MR) is 104 cm³/mol. The van der Waals surface area contributed by atoms with E-state index in [2.05, 4.69) is 35.8 Å². The van der Waals surface area contributed by atoms with Gasteiger partial charge in [0.05, 0.1) is 23.6 Å². The summed E-state index contributed by atoms with van der Waals surface area (Å²) in [7, 11) is 0. The number of fused-ring (bicyclic) bond motifs is 1. The maximum atomic E-state index is 14.1. The number of H-pyrrole nitrogens is 1. The largest absolute Gasteiger partial charge is 0.363 e. The number of alkyl halides is 1. The first-order chi connectivity index (χ1) is 13.8. The first kappa shape index (κ1) is 16.8. The summed E-state index contributed by atoms with van der Waals surface area (Å²) in [4.78, 5) is 12.2. The summed E-state index contributed by atoms with van der Waals surface area (Å²) in [6.07, 6.45) is 4.89. The van der Waals surface area contributed by atoms with Gasteiger partial charge in [-0.3, -0.25) is 4.40 Å². The topological polar surface area (TPSA) is 95.8 Å². The molecule has 8 nitrogen and oxygen atoms in total. The number of aromatic amines is 1. The van der Waals surface area contributed by atoms with Crippen molar-refractivity contribution in [1.82, 2.24) is 34.9 Å². The van der Waals surface area contributed by atoms with Crippen LogP contribution in [0, 0.1) is 0 Å². The monoisotopic (exact) mass is 378 g/mol. The highest BCUT2D eigenvalue weighted by Gasteiger charge is 2.24. The third-order valence-corrected chi connectivity index (χ3v) is 4.95. The van der Waals surface area contributed by atoms with Crippen LogP contribution >= 0.6 is 0 Å². The Bertz CT molecular complexity index is 1090. The van der Waals surface area contributed by atoms with Gasteiger partial charge < -0.3 is 15.6 Å². The van der Waals surface area contributed by atoms with Crippen molar-refractivity contribution in [2.24, 2.45) is 0 Å². The number of pyridine rings is 2. The van der Waals surface area contributed by atoms with Gasteiger partial charge in [-0.1, -0.05) is 6.07 Å². The molecule has 0 spiro atoms. The number of hydrogen-bond acceptors (Lipinski definition) is 6. The van der Waals surface area contributed by atoms with Crippen molar-refractivity contribution >= 4 is 11.5 Å². The molecule has 142 valence electrons. The molecule has 3 N–H and O–H groups in total. The molecule has 2 unspecified atom stereocenters. The zero-order valence-electron chi connectivity index (χ0n) is 15.0. The van der Waals surface area contributed by atoms with E-state index in [1.165, 1.54) is 0 Å². The fourth-order valence-corrected chi connectivity index (χ4v) is 3.48.